The predicted molar refractivity (Wildman–Crippen MR) is 103 cm³/mol. The Morgan fingerprint density at radius 1 is 1.15 bits per heavy atom. The summed E-state index contributed by atoms with van der Waals surface area (Å²) in [5, 5.41) is 0.217. The minimum absolute atomic E-state index is 0.147. The second kappa shape index (κ2) is 8.20. The summed E-state index contributed by atoms with van der Waals surface area (Å²) >= 11 is 9.22. The second-order valence-electron chi connectivity index (χ2n) is 5.49. The molecule has 2 rings (SSSR count). The van der Waals surface area contributed by atoms with E-state index < -0.39 is 27.9 Å². The van der Waals surface area contributed by atoms with E-state index in [1.807, 2.05) is 0 Å². The number of anilines is 1. The number of ether oxygens (including phenoxy) is 1. The lowest BCUT2D eigenvalue weighted by molar-refractivity contribution is 0.0319. The summed E-state index contributed by atoms with van der Waals surface area (Å²) < 4.78 is 30.5. The average Bonchev–Trinajstić information content (AvgIpc) is 2.55. The number of carbonyl (C=O) groups is 2. The van der Waals surface area contributed by atoms with Crippen molar-refractivity contribution in [2.24, 2.45) is 0 Å². The van der Waals surface area contributed by atoms with Gasteiger partial charge in [-0.25, -0.2) is 13.2 Å². The summed E-state index contributed by atoms with van der Waals surface area (Å²) in [6, 6.07) is 10.5. The molecule has 0 fully saturated rings. The van der Waals surface area contributed by atoms with E-state index in [-0.39, 0.29) is 16.1 Å². The lowest BCUT2D eigenvalue weighted by Gasteiger charge is -2.13. The molecule has 0 saturated heterocycles. The van der Waals surface area contributed by atoms with Crippen LogP contribution >= 0.6 is 27.5 Å². The maximum Gasteiger partial charge on any atom is 0.340 e. The number of Topliss-reactive ketones (excluding diaryl/α,β-unsaturated/α-hetero) is 1. The number of benzene rings is 2. The highest BCUT2D eigenvalue weighted by atomic mass is 79.9. The molecular formula is C17H15BrClNO5S. The fourth-order valence-corrected chi connectivity index (χ4v) is 3.20. The molecule has 0 bridgehead atoms. The maximum absolute atomic E-state index is 12.4. The van der Waals surface area contributed by atoms with Crippen LogP contribution in [0.1, 0.15) is 27.6 Å². The van der Waals surface area contributed by atoms with Crippen molar-refractivity contribution in [3.63, 3.8) is 0 Å². The van der Waals surface area contributed by atoms with Crippen LogP contribution in [0.2, 0.25) is 5.02 Å². The molecule has 26 heavy (non-hydrogen) atoms. The first kappa shape index (κ1) is 20.4. The normalized spacial score (nSPS) is 12.3. The van der Waals surface area contributed by atoms with Gasteiger partial charge in [0.1, 0.15) is 0 Å². The van der Waals surface area contributed by atoms with Crippen molar-refractivity contribution in [3.8, 4) is 0 Å². The number of hydrogen-bond acceptors (Lipinski definition) is 5. The zero-order valence-corrected chi connectivity index (χ0v) is 17.0. The van der Waals surface area contributed by atoms with Gasteiger partial charge in [-0.15, -0.1) is 0 Å². The smallest absolute Gasteiger partial charge is 0.340 e. The summed E-state index contributed by atoms with van der Waals surface area (Å²) in [5.74, 6) is -1.14. The van der Waals surface area contributed by atoms with Crippen LogP contribution in [0, 0.1) is 0 Å². The molecule has 6 nitrogen and oxygen atoms in total. The molecule has 1 N–H and O–H groups in total. The standard InChI is InChI=1S/C17H15BrClNO5S/c1-10(25-17(22)14-9-12(18)5-8-15(14)19)16(21)11-3-6-13(7-4-11)20-26(2,23)24/h3-10,20H,1-2H3. The molecule has 0 aliphatic carbocycles. The highest BCUT2D eigenvalue weighted by molar-refractivity contribution is 9.10. The van der Waals surface area contributed by atoms with Crippen LogP contribution in [-0.2, 0) is 14.8 Å². The quantitative estimate of drug-likeness (QED) is 0.521. The minimum Gasteiger partial charge on any atom is -0.451 e. The number of halogens is 2. The lowest BCUT2D eigenvalue weighted by Crippen LogP contribution is -2.24. The molecule has 0 heterocycles. The number of nitrogens with one attached hydrogen (secondary N) is 1. The van der Waals surface area contributed by atoms with E-state index >= 15 is 0 Å². The van der Waals surface area contributed by atoms with Gasteiger partial charge in [-0.05, 0) is 49.4 Å². The number of hydrogen-bond donors (Lipinski definition) is 1. The number of carbonyl (C=O) groups excluding carboxylic acids is 2. The predicted octanol–water partition coefficient (Wildman–Crippen LogP) is 3.90. The van der Waals surface area contributed by atoms with E-state index in [9.17, 15) is 18.0 Å². The first-order valence-corrected chi connectivity index (χ1v) is 10.4. The van der Waals surface area contributed by atoms with Crippen molar-refractivity contribution in [1.29, 1.82) is 0 Å². The molecule has 0 aromatic heterocycles. The highest BCUT2D eigenvalue weighted by Crippen LogP contribution is 2.22. The molecule has 9 heteroatoms. The van der Waals surface area contributed by atoms with Crippen molar-refractivity contribution in [2.75, 3.05) is 11.0 Å². The number of esters is 1. The van der Waals surface area contributed by atoms with E-state index in [4.69, 9.17) is 16.3 Å². The first-order chi connectivity index (χ1) is 12.1. The molecule has 138 valence electrons. The van der Waals surface area contributed by atoms with E-state index in [1.165, 1.54) is 37.3 Å². The van der Waals surface area contributed by atoms with Crippen molar-refractivity contribution in [2.45, 2.75) is 13.0 Å². The van der Waals surface area contributed by atoms with Gasteiger partial charge in [0, 0.05) is 15.7 Å². The number of ketones is 1. The van der Waals surface area contributed by atoms with Crippen LogP contribution in [0.4, 0.5) is 5.69 Å². The molecule has 0 saturated carbocycles. The second-order valence-corrected chi connectivity index (χ2v) is 8.56. The fraction of sp³-hybridized carbons (Fsp3) is 0.176. The molecule has 2 aromatic carbocycles. The minimum atomic E-state index is -3.40. The Bertz CT molecular complexity index is 944. The maximum atomic E-state index is 12.4. The third-order valence-corrected chi connectivity index (χ3v) is 4.70. The molecule has 0 amide bonds. The Hall–Kier alpha value is -1.90. The molecule has 2 aromatic rings. The van der Waals surface area contributed by atoms with Crippen LogP contribution < -0.4 is 4.72 Å². The van der Waals surface area contributed by atoms with Gasteiger partial charge in [0.25, 0.3) is 0 Å². The fourth-order valence-electron chi connectivity index (χ4n) is 2.08. The molecular weight excluding hydrogens is 446 g/mol. The summed E-state index contributed by atoms with van der Waals surface area (Å²) in [4.78, 5) is 24.6. The lowest BCUT2D eigenvalue weighted by atomic mass is 10.1. The van der Waals surface area contributed by atoms with Gasteiger partial charge in [-0.1, -0.05) is 27.5 Å². The number of rotatable bonds is 6. The average molecular weight is 461 g/mol. The Labute approximate surface area is 164 Å². The molecule has 0 spiro atoms. The van der Waals surface area contributed by atoms with Crippen molar-refractivity contribution in [3.05, 3.63) is 63.1 Å². The van der Waals surface area contributed by atoms with Gasteiger partial charge >= 0.3 is 5.97 Å². The zero-order chi connectivity index (χ0) is 19.5. The van der Waals surface area contributed by atoms with Crippen LogP contribution in [0.3, 0.4) is 0 Å². The van der Waals surface area contributed by atoms with Crippen molar-refractivity contribution in [1.82, 2.24) is 0 Å². The molecule has 1 unspecified atom stereocenters. The number of sulfonamides is 1. The van der Waals surface area contributed by atoms with Gasteiger partial charge in [0.05, 0.1) is 16.8 Å². The van der Waals surface area contributed by atoms with Crippen molar-refractivity contribution < 1.29 is 22.7 Å². The Morgan fingerprint density at radius 3 is 2.35 bits per heavy atom. The summed E-state index contributed by atoms with van der Waals surface area (Å²) in [5.41, 5.74) is 0.757. The van der Waals surface area contributed by atoms with Gasteiger partial charge in [0.15, 0.2) is 6.10 Å². The monoisotopic (exact) mass is 459 g/mol. The molecule has 0 radical (unpaired) electrons. The summed E-state index contributed by atoms with van der Waals surface area (Å²) in [7, 11) is -3.40. The van der Waals surface area contributed by atoms with E-state index in [2.05, 4.69) is 20.7 Å². The Balaban J connectivity index is 2.09. The Kier molecular flexibility index (Phi) is 6.44. The third kappa shape index (κ3) is 5.55. The van der Waals surface area contributed by atoms with Crippen molar-refractivity contribution >= 4 is 55.0 Å². The summed E-state index contributed by atoms with van der Waals surface area (Å²) in [6.07, 6.45) is -0.00744. The van der Waals surface area contributed by atoms with Crippen LogP contribution in [0.15, 0.2) is 46.9 Å². The third-order valence-electron chi connectivity index (χ3n) is 3.27. The van der Waals surface area contributed by atoms with Gasteiger partial charge in [0.2, 0.25) is 15.8 Å². The van der Waals surface area contributed by atoms with E-state index in [0.29, 0.717) is 10.2 Å². The zero-order valence-electron chi connectivity index (χ0n) is 13.8. The molecule has 0 aliphatic heterocycles. The largest absolute Gasteiger partial charge is 0.451 e. The van der Waals surface area contributed by atoms with E-state index in [1.54, 1.807) is 12.1 Å². The van der Waals surface area contributed by atoms with Crippen LogP contribution in [0.25, 0.3) is 0 Å². The Morgan fingerprint density at radius 2 is 1.77 bits per heavy atom. The van der Waals surface area contributed by atoms with Crippen LogP contribution in [0.5, 0.6) is 0 Å². The van der Waals surface area contributed by atoms with Gasteiger partial charge in [-0.3, -0.25) is 9.52 Å². The summed E-state index contributed by atoms with van der Waals surface area (Å²) in [6.45, 7) is 1.45. The van der Waals surface area contributed by atoms with Gasteiger partial charge in [-0.2, -0.15) is 0 Å². The van der Waals surface area contributed by atoms with E-state index in [0.717, 1.165) is 6.26 Å². The molecule has 1 atom stereocenters. The highest BCUT2D eigenvalue weighted by Gasteiger charge is 2.22. The topological polar surface area (TPSA) is 89.5 Å². The molecule has 0 aliphatic rings. The van der Waals surface area contributed by atoms with Gasteiger partial charge < -0.3 is 4.74 Å². The first-order valence-electron chi connectivity index (χ1n) is 7.35. The van der Waals surface area contributed by atoms with Crippen LogP contribution in [-0.4, -0.2) is 32.5 Å². The SMILES string of the molecule is CC(OC(=O)c1cc(Br)ccc1Cl)C(=O)c1ccc(NS(C)(=O)=O)cc1.